The quantitative estimate of drug-likeness (QED) is 0.789. The second-order valence-electron chi connectivity index (χ2n) is 4.68. The molecule has 0 aliphatic heterocycles. The van der Waals surface area contributed by atoms with Crippen molar-refractivity contribution in [2.75, 3.05) is 14.2 Å². The first-order valence-corrected chi connectivity index (χ1v) is 8.62. The Labute approximate surface area is 137 Å². The molecule has 0 aliphatic carbocycles. The van der Waals surface area contributed by atoms with Crippen LogP contribution in [0.25, 0.3) is 0 Å². The zero-order chi connectivity index (χ0) is 16.3. The van der Waals surface area contributed by atoms with Gasteiger partial charge in [0.2, 0.25) is 10.0 Å². The fraction of sp³-hybridized carbons (Fsp3) is 0.200. The third kappa shape index (κ3) is 3.66. The van der Waals surface area contributed by atoms with Crippen molar-refractivity contribution >= 4 is 26.0 Å². The van der Waals surface area contributed by atoms with E-state index in [1.165, 1.54) is 19.2 Å². The van der Waals surface area contributed by atoms with Crippen LogP contribution in [0.15, 0.2) is 51.8 Å². The summed E-state index contributed by atoms with van der Waals surface area (Å²) in [4.78, 5) is -0.341. The van der Waals surface area contributed by atoms with Crippen molar-refractivity contribution in [1.82, 2.24) is 4.31 Å². The lowest BCUT2D eigenvalue weighted by molar-refractivity contribution is 0.414. The number of hydrogen-bond acceptors (Lipinski definition) is 3. The lowest BCUT2D eigenvalue weighted by atomic mass is 10.2. The number of halogens is 2. The van der Waals surface area contributed by atoms with Crippen LogP contribution in [0.3, 0.4) is 0 Å². The predicted octanol–water partition coefficient (Wildman–Crippen LogP) is 3.42. The molecule has 0 heterocycles. The molecule has 0 N–H and O–H groups in total. The van der Waals surface area contributed by atoms with Gasteiger partial charge in [-0.15, -0.1) is 0 Å². The van der Waals surface area contributed by atoms with Crippen molar-refractivity contribution in [3.63, 3.8) is 0 Å². The number of rotatable bonds is 5. The molecule has 2 aromatic rings. The lowest BCUT2D eigenvalue weighted by Gasteiger charge is -2.18. The van der Waals surface area contributed by atoms with Crippen molar-refractivity contribution in [3.8, 4) is 5.75 Å². The van der Waals surface area contributed by atoms with Gasteiger partial charge in [-0.05, 0) is 35.9 Å². The molecule has 0 bridgehead atoms. The molecule has 0 spiro atoms. The van der Waals surface area contributed by atoms with E-state index in [1.807, 2.05) is 0 Å². The number of benzene rings is 2. The van der Waals surface area contributed by atoms with Crippen molar-refractivity contribution < 1.29 is 17.5 Å². The molecule has 2 rings (SSSR count). The monoisotopic (exact) mass is 387 g/mol. The van der Waals surface area contributed by atoms with Crippen LogP contribution < -0.4 is 4.74 Å². The SMILES string of the molecule is COc1ccc(CN(C)S(=O)(=O)c2ccc(Br)cc2F)cc1. The molecule has 7 heteroatoms. The highest BCUT2D eigenvalue weighted by Gasteiger charge is 2.24. The second-order valence-corrected chi connectivity index (χ2v) is 7.61. The smallest absolute Gasteiger partial charge is 0.246 e. The number of methoxy groups -OCH3 is 1. The van der Waals surface area contributed by atoms with Crippen LogP contribution in [0, 0.1) is 5.82 Å². The molecule has 0 atom stereocenters. The minimum absolute atomic E-state index is 0.141. The average molecular weight is 388 g/mol. The summed E-state index contributed by atoms with van der Waals surface area (Å²) in [7, 11) is -0.919. The van der Waals surface area contributed by atoms with Crippen LogP contribution in [0.1, 0.15) is 5.56 Å². The first kappa shape index (κ1) is 16.9. The molecule has 0 radical (unpaired) electrons. The van der Waals surface area contributed by atoms with E-state index in [1.54, 1.807) is 31.4 Å². The van der Waals surface area contributed by atoms with Gasteiger partial charge in [0.15, 0.2) is 0 Å². The Balaban J connectivity index is 2.24. The third-order valence-electron chi connectivity index (χ3n) is 3.15. The average Bonchev–Trinajstić information content (AvgIpc) is 2.47. The number of nitrogens with zero attached hydrogens (tertiary/aromatic N) is 1. The standard InChI is InChI=1S/C15H15BrFNO3S/c1-18(10-11-3-6-13(21-2)7-4-11)22(19,20)15-8-5-12(16)9-14(15)17/h3-9H,10H2,1-2H3. The highest BCUT2D eigenvalue weighted by molar-refractivity contribution is 9.10. The molecular weight excluding hydrogens is 373 g/mol. The fourth-order valence-corrected chi connectivity index (χ4v) is 3.46. The van der Waals surface area contributed by atoms with E-state index >= 15 is 0 Å². The topological polar surface area (TPSA) is 46.6 Å². The Morgan fingerprint density at radius 2 is 1.82 bits per heavy atom. The van der Waals surface area contributed by atoms with Gasteiger partial charge in [-0.25, -0.2) is 12.8 Å². The highest BCUT2D eigenvalue weighted by atomic mass is 79.9. The van der Waals surface area contributed by atoms with Crippen LogP contribution in [0.4, 0.5) is 4.39 Å². The highest BCUT2D eigenvalue weighted by Crippen LogP contribution is 2.23. The molecule has 2 aromatic carbocycles. The van der Waals surface area contributed by atoms with E-state index in [0.29, 0.717) is 10.2 Å². The van der Waals surface area contributed by atoms with Gasteiger partial charge in [-0.1, -0.05) is 28.1 Å². The summed E-state index contributed by atoms with van der Waals surface area (Å²) in [5, 5.41) is 0. The summed E-state index contributed by atoms with van der Waals surface area (Å²) in [5.41, 5.74) is 0.782. The predicted molar refractivity (Wildman–Crippen MR) is 85.7 cm³/mol. The van der Waals surface area contributed by atoms with Gasteiger partial charge < -0.3 is 4.74 Å². The fourth-order valence-electron chi connectivity index (χ4n) is 1.93. The van der Waals surface area contributed by atoms with Gasteiger partial charge in [-0.3, -0.25) is 0 Å². The van der Waals surface area contributed by atoms with Gasteiger partial charge in [0.05, 0.1) is 7.11 Å². The molecule has 0 amide bonds. The molecule has 0 unspecified atom stereocenters. The van der Waals surface area contributed by atoms with Gasteiger partial charge in [-0.2, -0.15) is 4.31 Å². The minimum atomic E-state index is -3.89. The molecular formula is C15H15BrFNO3S. The third-order valence-corrected chi connectivity index (χ3v) is 5.48. The van der Waals surface area contributed by atoms with Crippen molar-refractivity contribution in [1.29, 1.82) is 0 Å². The first-order valence-electron chi connectivity index (χ1n) is 6.39. The van der Waals surface area contributed by atoms with Crippen LogP contribution in [-0.2, 0) is 16.6 Å². The van der Waals surface area contributed by atoms with E-state index < -0.39 is 15.8 Å². The summed E-state index contributed by atoms with van der Waals surface area (Å²) in [6, 6.07) is 10.9. The summed E-state index contributed by atoms with van der Waals surface area (Å²) >= 11 is 3.11. The van der Waals surface area contributed by atoms with Crippen molar-refractivity contribution in [3.05, 3.63) is 58.3 Å². The largest absolute Gasteiger partial charge is 0.497 e. The molecule has 0 saturated carbocycles. The Hall–Kier alpha value is -1.44. The summed E-state index contributed by atoms with van der Waals surface area (Å²) in [6.45, 7) is 0.141. The molecule has 0 fully saturated rings. The second kappa shape index (κ2) is 6.76. The molecule has 4 nitrogen and oxygen atoms in total. The summed E-state index contributed by atoms with van der Waals surface area (Å²) < 4.78 is 45.4. The van der Waals surface area contributed by atoms with E-state index in [9.17, 15) is 12.8 Å². The van der Waals surface area contributed by atoms with Gasteiger partial charge >= 0.3 is 0 Å². The Bertz CT molecular complexity index is 763. The minimum Gasteiger partial charge on any atom is -0.497 e. The lowest BCUT2D eigenvalue weighted by Crippen LogP contribution is -2.27. The van der Waals surface area contributed by atoms with E-state index in [0.717, 1.165) is 15.9 Å². The van der Waals surface area contributed by atoms with Crippen LogP contribution >= 0.6 is 15.9 Å². The maximum absolute atomic E-state index is 13.9. The Morgan fingerprint density at radius 3 is 2.36 bits per heavy atom. The van der Waals surface area contributed by atoms with Crippen LogP contribution in [0.5, 0.6) is 5.75 Å². The van der Waals surface area contributed by atoms with Crippen LogP contribution in [0.2, 0.25) is 0 Å². The van der Waals surface area contributed by atoms with Gasteiger partial charge in [0.25, 0.3) is 0 Å². The first-order chi connectivity index (χ1) is 10.3. The molecule has 0 aliphatic rings. The molecule has 22 heavy (non-hydrogen) atoms. The number of sulfonamides is 1. The van der Waals surface area contributed by atoms with E-state index in [-0.39, 0.29) is 11.4 Å². The van der Waals surface area contributed by atoms with Crippen molar-refractivity contribution in [2.45, 2.75) is 11.4 Å². The maximum Gasteiger partial charge on any atom is 0.246 e. The molecule has 0 saturated heterocycles. The Morgan fingerprint density at radius 1 is 1.18 bits per heavy atom. The zero-order valence-corrected chi connectivity index (χ0v) is 14.5. The van der Waals surface area contributed by atoms with E-state index in [2.05, 4.69) is 15.9 Å². The van der Waals surface area contributed by atoms with E-state index in [4.69, 9.17) is 4.74 Å². The molecule has 118 valence electrons. The number of ether oxygens (including phenoxy) is 1. The number of hydrogen-bond donors (Lipinski definition) is 0. The Kier molecular flexibility index (Phi) is 5.20. The summed E-state index contributed by atoms with van der Waals surface area (Å²) in [5.74, 6) is -0.0934. The maximum atomic E-state index is 13.9. The zero-order valence-electron chi connectivity index (χ0n) is 12.1. The van der Waals surface area contributed by atoms with Gasteiger partial charge in [0.1, 0.15) is 16.5 Å². The van der Waals surface area contributed by atoms with Crippen LogP contribution in [-0.4, -0.2) is 26.9 Å². The van der Waals surface area contributed by atoms with Gasteiger partial charge in [0, 0.05) is 18.1 Å². The van der Waals surface area contributed by atoms with Crippen molar-refractivity contribution in [2.24, 2.45) is 0 Å². The summed E-state index contributed by atoms with van der Waals surface area (Å²) in [6.07, 6.45) is 0. The molecule has 0 aromatic heterocycles. The normalized spacial score (nSPS) is 11.7.